The van der Waals surface area contributed by atoms with Gasteiger partial charge in [-0.3, -0.25) is 0 Å². The predicted octanol–water partition coefficient (Wildman–Crippen LogP) is 11.8. The Morgan fingerprint density at radius 2 is 0.727 bits per heavy atom. The van der Waals surface area contributed by atoms with Crippen LogP contribution in [0.15, 0.2) is 0 Å². The van der Waals surface area contributed by atoms with Crippen LogP contribution in [-0.2, 0) is 0 Å². The van der Waals surface area contributed by atoms with Crippen LogP contribution in [0, 0.1) is 29.1 Å². The van der Waals surface area contributed by atoms with E-state index in [0.717, 1.165) is 18.3 Å². The number of hydrogen-bond donors (Lipinski definition) is 0. The van der Waals surface area contributed by atoms with Crippen molar-refractivity contribution < 1.29 is 0 Å². The van der Waals surface area contributed by atoms with Crippen molar-refractivity contribution in [3.63, 3.8) is 0 Å². The van der Waals surface area contributed by atoms with Crippen LogP contribution in [0.25, 0.3) is 0 Å². The number of nitriles is 1. The summed E-state index contributed by atoms with van der Waals surface area (Å²) in [5, 5.41) is 8.78. The van der Waals surface area contributed by atoms with Gasteiger partial charge in [0.15, 0.2) is 0 Å². The molecule has 0 aliphatic carbocycles. The lowest BCUT2D eigenvalue weighted by molar-refractivity contribution is 0.405. The largest absolute Gasteiger partial charge is 0.198 e. The fourth-order valence-electron chi connectivity index (χ4n) is 5.00. The van der Waals surface area contributed by atoms with Crippen molar-refractivity contribution in [2.75, 3.05) is 0 Å². The third-order valence-electron chi connectivity index (χ3n) is 7.90. The molecule has 0 saturated heterocycles. The number of nitrogens with zero attached hydrogens (tertiary/aromatic N) is 1. The Balaban J connectivity index is 3.14. The number of unbranched alkanes of at least 4 members (excludes halogenated alkanes) is 17. The maximum Gasteiger partial charge on any atom is 0.0652 e. The Hall–Kier alpha value is -0.510. The summed E-state index contributed by atoms with van der Waals surface area (Å²) in [6.45, 7) is 9.24. The fourth-order valence-corrected chi connectivity index (χ4v) is 5.00. The Kier molecular flexibility index (Phi) is 25.7. The molecular weight excluding hydrogens is 398 g/mol. The van der Waals surface area contributed by atoms with Gasteiger partial charge in [-0.25, -0.2) is 0 Å². The van der Waals surface area contributed by atoms with E-state index < -0.39 is 0 Å². The smallest absolute Gasteiger partial charge is 0.0652 e. The van der Waals surface area contributed by atoms with Crippen molar-refractivity contribution >= 4 is 0 Å². The summed E-state index contributed by atoms with van der Waals surface area (Å²) in [5.74, 6) is 2.13. The molecule has 0 aromatic heterocycles. The van der Waals surface area contributed by atoms with Gasteiger partial charge < -0.3 is 0 Å². The number of hydrogen-bond acceptors (Lipinski definition) is 1. The maximum atomic E-state index is 8.78. The minimum atomic E-state index is 0.253. The lowest BCUT2D eigenvalue weighted by atomic mass is 9.93. The fraction of sp³-hybridized carbons (Fsp3) is 0.969. The first-order valence-corrected chi connectivity index (χ1v) is 15.5. The highest BCUT2D eigenvalue weighted by molar-refractivity contribution is 4.77. The molecule has 3 atom stereocenters. The highest BCUT2D eigenvalue weighted by Crippen LogP contribution is 2.20. The van der Waals surface area contributed by atoms with Gasteiger partial charge in [0.25, 0.3) is 0 Å². The van der Waals surface area contributed by atoms with E-state index in [4.69, 9.17) is 5.26 Å². The molecule has 0 heterocycles. The average Bonchev–Trinajstić information content (AvgIpc) is 2.82. The SMILES string of the molecule is CCC(C)CCCC(C)CCCCCCCCCCCCCCCCCCCCC(C)C#N. The van der Waals surface area contributed by atoms with E-state index in [2.05, 4.69) is 26.8 Å². The van der Waals surface area contributed by atoms with E-state index in [-0.39, 0.29) is 5.92 Å². The zero-order valence-corrected chi connectivity index (χ0v) is 23.6. The van der Waals surface area contributed by atoms with Gasteiger partial charge in [-0.2, -0.15) is 5.26 Å². The zero-order valence-electron chi connectivity index (χ0n) is 23.6. The Bertz CT molecular complexity index is 409. The van der Waals surface area contributed by atoms with Crippen LogP contribution >= 0.6 is 0 Å². The van der Waals surface area contributed by atoms with Crippen molar-refractivity contribution in [3.05, 3.63) is 0 Å². The maximum absolute atomic E-state index is 8.78. The first kappa shape index (κ1) is 32.5. The molecule has 0 bridgehead atoms. The molecule has 1 nitrogen and oxygen atoms in total. The van der Waals surface area contributed by atoms with Crippen molar-refractivity contribution in [2.45, 2.75) is 182 Å². The van der Waals surface area contributed by atoms with Crippen LogP contribution in [-0.4, -0.2) is 0 Å². The molecule has 3 unspecified atom stereocenters. The highest BCUT2D eigenvalue weighted by atomic mass is 14.3. The van der Waals surface area contributed by atoms with E-state index in [1.54, 1.807) is 0 Å². The standard InChI is InChI=1S/C32H63N/c1-5-30(2)27-24-28-31(3)25-22-20-18-16-14-12-10-8-6-7-9-11-13-15-17-19-21-23-26-32(4)29-33/h30-32H,5-28H2,1-4H3. The van der Waals surface area contributed by atoms with Gasteiger partial charge in [0, 0.05) is 5.92 Å². The second-order valence-electron chi connectivity index (χ2n) is 11.5. The molecule has 0 N–H and O–H groups in total. The molecule has 0 rings (SSSR count). The summed E-state index contributed by atoms with van der Waals surface area (Å²) in [6.07, 6.45) is 34.0. The molecule has 0 aromatic rings. The molecule has 33 heavy (non-hydrogen) atoms. The van der Waals surface area contributed by atoms with Crippen LogP contribution in [0.3, 0.4) is 0 Å². The third kappa shape index (κ3) is 25.9. The van der Waals surface area contributed by atoms with Crippen LogP contribution < -0.4 is 0 Å². The van der Waals surface area contributed by atoms with E-state index in [9.17, 15) is 0 Å². The molecule has 0 aliphatic rings. The molecule has 0 spiro atoms. The molecule has 1 heteroatoms. The second kappa shape index (κ2) is 26.1. The Labute approximate surface area is 210 Å². The van der Waals surface area contributed by atoms with Gasteiger partial charge >= 0.3 is 0 Å². The third-order valence-corrected chi connectivity index (χ3v) is 7.90. The van der Waals surface area contributed by atoms with Gasteiger partial charge in [0.2, 0.25) is 0 Å². The molecule has 0 fully saturated rings. The van der Waals surface area contributed by atoms with Gasteiger partial charge in [-0.1, -0.05) is 168 Å². The van der Waals surface area contributed by atoms with Gasteiger partial charge in [-0.05, 0) is 25.2 Å². The van der Waals surface area contributed by atoms with Crippen LogP contribution in [0.5, 0.6) is 0 Å². The van der Waals surface area contributed by atoms with Crippen molar-refractivity contribution in [1.82, 2.24) is 0 Å². The number of rotatable bonds is 26. The molecule has 0 saturated carbocycles. The van der Waals surface area contributed by atoms with Crippen LogP contribution in [0.1, 0.15) is 182 Å². The van der Waals surface area contributed by atoms with Crippen molar-refractivity contribution in [3.8, 4) is 6.07 Å². The lowest BCUT2D eigenvalue weighted by Gasteiger charge is -2.13. The highest BCUT2D eigenvalue weighted by Gasteiger charge is 2.04. The molecule has 0 aromatic carbocycles. The van der Waals surface area contributed by atoms with E-state index in [0.29, 0.717) is 0 Å². The quantitative estimate of drug-likeness (QED) is 0.117. The van der Waals surface area contributed by atoms with Crippen LogP contribution in [0.4, 0.5) is 0 Å². The molecule has 196 valence electrons. The first-order chi connectivity index (χ1) is 16.1. The van der Waals surface area contributed by atoms with Gasteiger partial charge in [-0.15, -0.1) is 0 Å². The molecule has 0 aliphatic heterocycles. The summed E-state index contributed by atoms with van der Waals surface area (Å²) in [7, 11) is 0. The summed E-state index contributed by atoms with van der Waals surface area (Å²) in [4.78, 5) is 0. The molecule has 0 amide bonds. The topological polar surface area (TPSA) is 23.8 Å². The first-order valence-electron chi connectivity index (χ1n) is 15.5. The summed E-state index contributed by atoms with van der Waals surface area (Å²) >= 11 is 0. The Morgan fingerprint density at radius 1 is 0.424 bits per heavy atom. The van der Waals surface area contributed by atoms with Gasteiger partial charge in [0.05, 0.1) is 6.07 Å². The minimum Gasteiger partial charge on any atom is -0.198 e. The predicted molar refractivity (Wildman–Crippen MR) is 150 cm³/mol. The monoisotopic (exact) mass is 461 g/mol. The van der Waals surface area contributed by atoms with E-state index >= 15 is 0 Å². The summed E-state index contributed by atoms with van der Waals surface area (Å²) < 4.78 is 0. The van der Waals surface area contributed by atoms with Crippen LogP contribution in [0.2, 0.25) is 0 Å². The average molecular weight is 462 g/mol. The molecule has 0 radical (unpaired) electrons. The summed E-state index contributed by atoms with van der Waals surface area (Å²) in [6, 6.07) is 2.33. The summed E-state index contributed by atoms with van der Waals surface area (Å²) in [5.41, 5.74) is 0. The van der Waals surface area contributed by atoms with E-state index in [1.807, 2.05) is 6.92 Å². The Morgan fingerprint density at radius 3 is 1.09 bits per heavy atom. The normalized spacial score (nSPS) is 14.2. The van der Waals surface area contributed by atoms with E-state index in [1.165, 1.54) is 148 Å². The minimum absolute atomic E-state index is 0.253. The second-order valence-corrected chi connectivity index (χ2v) is 11.5. The van der Waals surface area contributed by atoms with Crippen molar-refractivity contribution in [1.29, 1.82) is 5.26 Å². The molecular formula is C32H63N. The zero-order chi connectivity index (χ0) is 24.4. The van der Waals surface area contributed by atoms with Gasteiger partial charge in [0.1, 0.15) is 0 Å². The van der Waals surface area contributed by atoms with Crippen molar-refractivity contribution in [2.24, 2.45) is 17.8 Å². The lowest BCUT2D eigenvalue weighted by Crippen LogP contribution is -1.98.